The number of ether oxygens (including phenoxy) is 1. The summed E-state index contributed by atoms with van der Waals surface area (Å²) in [4.78, 5) is 0. The fourth-order valence-corrected chi connectivity index (χ4v) is 3.08. The molecule has 19 heavy (non-hydrogen) atoms. The molecule has 2 heteroatoms. The van der Waals surface area contributed by atoms with E-state index in [-0.39, 0.29) is 0 Å². The zero-order chi connectivity index (χ0) is 13.7. The molecule has 0 saturated heterocycles. The molecule has 1 saturated carbocycles. The van der Waals surface area contributed by atoms with Crippen LogP contribution in [0, 0.1) is 5.92 Å². The molecule has 0 aliphatic heterocycles. The number of rotatable bonds is 5. The second kappa shape index (κ2) is 6.95. The van der Waals surface area contributed by atoms with Crippen molar-refractivity contribution in [2.75, 3.05) is 7.05 Å². The van der Waals surface area contributed by atoms with Crippen molar-refractivity contribution in [2.24, 2.45) is 5.92 Å². The summed E-state index contributed by atoms with van der Waals surface area (Å²) < 4.78 is 6.34. The second-order valence-electron chi connectivity index (χ2n) is 5.71. The second-order valence-corrected chi connectivity index (χ2v) is 5.71. The Kier molecular flexibility index (Phi) is 5.26. The molecule has 1 aliphatic rings. The molecule has 1 fully saturated rings. The van der Waals surface area contributed by atoms with Gasteiger partial charge in [-0.2, -0.15) is 0 Å². The summed E-state index contributed by atoms with van der Waals surface area (Å²) >= 11 is 0. The average Bonchev–Trinajstić information content (AvgIpc) is 2.44. The molecule has 2 nitrogen and oxygen atoms in total. The molecule has 0 spiro atoms. The molecular formula is C17H27NO. The van der Waals surface area contributed by atoms with Gasteiger partial charge >= 0.3 is 0 Å². The standard InChI is InChI=1S/C17H27NO/c1-4-15(18-3)14-10-6-8-12-17(14)19-16-11-7-5-9-13(16)2/h6,8,10,12-13,15-16,18H,4-5,7,9,11H2,1-3H3. The third kappa shape index (κ3) is 3.50. The van der Waals surface area contributed by atoms with E-state index in [9.17, 15) is 0 Å². The van der Waals surface area contributed by atoms with Crippen molar-refractivity contribution in [3.8, 4) is 5.75 Å². The normalized spacial score (nSPS) is 25.0. The van der Waals surface area contributed by atoms with Crippen LogP contribution in [0.15, 0.2) is 24.3 Å². The molecule has 0 bridgehead atoms. The minimum absolute atomic E-state index is 0.384. The van der Waals surface area contributed by atoms with Crippen molar-refractivity contribution in [1.29, 1.82) is 0 Å². The molecule has 1 aromatic carbocycles. The maximum atomic E-state index is 6.34. The number of hydrogen-bond acceptors (Lipinski definition) is 2. The summed E-state index contributed by atoms with van der Waals surface area (Å²) in [5, 5.41) is 3.38. The Labute approximate surface area is 117 Å². The highest BCUT2D eigenvalue weighted by atomic mass is 16.5. The fraction of sp³-hybridized carbons (Fsp3) is 0.647. The Morgan fingerprint density at radius 1 is 1.26 bits per heavy atom. The molecule has 1 aromatic rings. The lowest BCUT2D eigenvalue weighted by molar-refractivity contribution is 0.101. The summed E-state index contributed by atoms with van der Waals surface area (Å²) in [5.74, 6) is 1.75. The molecular weight excluding hydrogens is 234 g/mol. The number of hydrogen-bond donors (Lipinski definition) is 1. The molecule has 0 radical (unpaired) electrons. The Hall–Kier alpha value is -1.02. The first-order valence-corrected chi connectivity index (χ1v) is 7.69. The van der Waals surface area contributed by atoms with Gasteiger partial charge in [0.15, 0.2) is 0 Å². The molecule has 1 aliphatic carbocycles. The summed E-state index contributed by atoms with van der Waals surface area (Å²) in [6.45, 7) is 4.53. The lowest BCUT2D eigenvalue weighted by Crippen LogP contribution is -2.29. The van der Waals surface area contributed by atoms with E-state index < -0.39 is 0 Å². The smallest absolute Gasteiger partial charge is 0.124 e. The van der Waals surface area contributed by atoms with Crippen LogP contribution in [0.5, 0.6) is 5.75 Å². The van der Waals surface area contributed by atoms with E-state index in [1.54, 1.807) is 0 Å². The van der Waals surface area contributed by atoms with Gasteiger partial charge in [0, 0.05) is 11.6 Å². The molecule has 0 amide bonds. The van der Waals surface area contributed by atoms with Gasteiger partial charge < -0.3 is 10.1 Å². The molecule has 0 aromatic heterocycles. The van der Waals surface area contributed by atoms with Crippen LogP contribution in [0.3, 0.4) is 0 Å². The van der Waals surface area contributed by atoms with E-state index in [1.165, 1.54) is 31.2 Å². The van der Waals surface area contributed by atoms with Crippen LogP contribution in [0.4, 0.5) is 0 Å². The van der Waals surface area contributed by atoms with Gasteiger partial charge in [-0.15, -0.1) is 0 Å². The van der Waals surface area contributed by atoms with Gasteiger partial charge in [0.1, 0.15) is 11.9 Å². The molecule has 3 atom stereocenters. The van der Waals surface area contributed by atoms with Gasteiger partial charge in [-0.05, 0) is 44.7 Å². The van der Waals surface area contributed by atoms with Crippen molar-refractivity contribution in [2.45, 2.75) is 58.1 Å². The van der Waals surface area contributed by atoms with Gasteiger partial charge in [-0.3, -0.25) is 0 Å². The van der Waals surface area contributed by atoms with Crippen LogP contribution in [-0.4, -0.2) is 13.2 Å². The summed E-state index contributed by atoms with van der Waals surface area (Å²) in [5.41, 5.74) is 1.30. The van der Waals surface area contributed by atoms with Crippen LogP contribution < -0.4 is 10.1 Å². The Bertz CT molecular complexity index is 387. The molecule has 0 heterocycles. The SMILES string of the molecule is CCC(NC)c1ccccc1OC1CCCCC1C. The van der Waals surface area contributed by atoms with E-state index >= 15 is 0 Å². The number of nitrogens with one attached hydrogen (secondary N) is 1. The van der Waals surface area contributed by atoms with Crippen LogP contribution in [0.1, 0.15) is 57.6 Å². The van der Waals surface area contributed by atoms with Crippen molar-refractivity contribution in [3.05, 3.63) is 29.8 Å². The third-order valence-corrected chi connectivity index (χ3v) is 4.36. The topological polar surface area (TPSA) is 21.3 Å². The van der Waals surface area contributed by atoms with E-state index in [1.807, 2.05) is 7.05 Å². The monoisotopic (exact) mass is 261 g/mol. The van der Waals surface area contributed by atoms with Crippen molar-refractivity contribution in [1.82, 2.24) is 5.32 Å². The Balaban J connectivity index is 2.15. The predicted octanol–water partition coefficient (Wildman–Crippen LogP) is 4.31. The highest BCUT2D eigenvalue weighted by molar-refractivity contribution is 5.36. The minimum atomic E-state index is 0.384. The van der Waals surface area contributed by atoms with Gasteiger partial charge in [0.2, 0.25) is 0 Å². The van der Waals surface area contributed by atoms with E-state index in [0.717, 1.165) is 12.2 Å². The van der Waals surface area contributed by atoms with Crippen LogP contribution in [0.2, 0.25) is 0 Å². The molecule has 3 unspecified atom stereocenters. The predicted molar refractivity (Wildman–Crippen MR) is 80.6 cm³/mol. The maximum Gasteiger partial charge on any atom is 0.124 e. The van der Waals surface area contributed by atoms with Crippen molar-refractivity contribution >= 4 is 0 Å². The van der Waals surface area contributed by atoms with Crippen LogP contribution in [0.25, 0.3) is 0 Å². The lowest BCUT2D eigenvalue weighted by atomic mass is 9.88. The molecule has 1 N–H and O–H groups in total. The molecule has 2 rings (SSSR count). The van der Waals surface area contributed by atoms with Crippen molar-refractivity contribution in [3.63, 3.8) is 0 Å². The Morgan fingerprint density at radius 3 is 2.68 bits per heavy atom. The van der Waals surface area contributed by atoms with Gasteiger partial charge in [0.25, 0.3) is 0 Å². The highest BCUT2D eigenvalue weighted by Crippen LogP contribution is 2.32. The van der Waals surface area contributed by atoms with Crippen LogP contribution in [-0.2, 0) is 0 Å². The third-order valence-electron chi connectivity index (χ3n) is 4.36. The maximum absolute atomic E-state index is 6.34. The summed E-state index contributed by atoms with van der Waals surface area (Å²) in [7, 11) is 2.02. The van der Waals surface area contributed by atoms with E-state index in [4.69, 9.17) is 4.74 Å². The van der Waals surface area contributed by atoms with Gasteiger partial charge in [-0.1, -0.05) is 38.5 Å². The quantitative estimate of drug-likeness (QED) is 0.852. The number of para-hydroxylation sites is 1. The van der Waals surface area contributed by atoms with E-state index in [2.05, 4.69) is 43.4 Å². The first-order chi connectivity index (χ1) is 9.26. The fourth-order valence-electron chi connectivity index (χ4n) is 3.08. The summed E-state index contributed by atoms with van der Waals surface area (Å²) in [6, 6.07) is 8.88. The average molecular weight is 261 g/mol. The summed E-state index contributed by atoms with van der Waals surface area (Å²) in [6.07, 6.45) is 6.64. The number of benzene rings is 1. The van der Waals surface area contributed by atoms with Crippen molar-refractivity contribution < 1.29 is 4.74 Å². The van der Waals surface area contributed by atoms with E-state index in [0.29, 0.717) is 18.1 Å². The lowest BCUT2D eigenvalue weighted by Gasteiger charge is -2.31. The van der Waals surface area contributed by atoms with Gasteiger partial charge in [-0.25, -0.2) is 0 Å². The largest absolute Gasteiger partial charge is 0.490 e. The van der Waals surface area contributed by atoms with Crippen LogP contribution >= 0.6 is 0 Å². The zero-order valence-electron chi connectivity index (χ0n) is 12.5. The molecule has 106 valence electrons. The van der Waals surface area contributed by atoms with Gasteiger partial charge in [0.05, 0.1) is 0 Å². The zero-order valence-corrected chi connectivity index (χ0v) is 12.5. The Morgan fingerprint density at radius 2 is 2.00 bits per heavy atom. The minimum Gasteiger partial charge on any atom is -0.490 e. The first-order valence-electron chi connectivity index (χ1n) is 7.69. The first kappa shape index (κ1) is 14.4. The highest BCUT2D eigenvalue weighted by Gasteiger charge is 2.24.